The van der Waals surface area contributed by atoms with E-state index in [9.17, 15) is 4.39 Å². The average Bonchev–Trinajstić information content (AvgIpc) is 3.18. The first kappa shape index (κ1) is 15.5. The van der Waals surface area contributed by atoms with Crippen molar-refractivity contribution in [3.63, 3.8) is 0 Å². The Bertz CT molecular complexity index is 972. The molecule has 0 N–H and O–H groups in total. The van der Waals surface area contributed by atoms with Crippen molar-refractivity contribution in [2.75, 3.05) is 5.75 Å². The van der Waals surface area contributed by atoms with Gasteiger partial charge in [-0.25, -0.2) is 4.39 Å². The van der Waals surface area contributed by atoms with E-state index in [4.69, 9.17) is 0 Å². The van der Waals surface area contributed by atoms with Crippen LogP contribution in [0.2, 0.25) is 0 Å². The number of aryl methyl sites for hydroxylation is 1. The predicted octanol–water partition coefficient (Wildman–Crippen LogP) is 5.60. The Kier molecular flexibility index (Phi) is 3.67. The molecular formula is C22H22FNS. The second kappa shape index (κ2) is 5.91. The molecule has 0 radical (unpaired) electrons. The smallest absolute Gasteiger partial charge is 0.123 e. The maximum atomic E-state index is 14.0. The Morgan fingerprint density at radius 2 is 2.08 bits per heavy atom. The van der Waals surface area contributed by atoms with Crippen LogP contribution in [0.15, 0.2) is 41.3 Å². The van der Waals surface area contributed by atoms with Crippen molar-refractivity contribution in [3.8, 4) is 0 Å². The lowest BCUT2D eigenvalue weighted by Gasteiger charge is -2.23. The minimum atomic E-state index is -0.130. The topological polar surface area (TPSA) is 4.93 Å². The summed E-state index contributed by atoms with van der Waals surface area (Å²) in [5.41, 5.74) is 6.80. The second-order valence-corrected chi connectivity index (χ2v) is 8.70. The molecule has 0 saturated carbocycles. The zero-order valence-electron chi connectivity index (χ0n) is 14.5. The highest BCUT2D eigenvalue weighted by molar-refractivity contribution is 7.99. The fourth-order valence-electron chi connectivity index (χ4n) is 4.45. The molecule has 0 aliphatic carbocycles. The first-order valence-corrected chi connectivity index (χ1v) is 10.2. The van der Waals surface area contributed by atoms with Crippen LogP contribution < -0.4 is 0 Å². The van der Waals surface area contributed by atoms with Crippen LogP contribution in [0.1, 0.15) is 35.7 Å². The van der Waals surface area contributed by atoms with Gasteiger partial charge in [0, 0.05) is 33.8 Å². The second-order valence-electron chi connectivity index (χ2n) is 7.56. The Labute approximate surface area is 152 Å². The first-order valence-electron chi connectivity index (χ1n) is 9.23. The molecule has 3 aromatic rings. The lowest BCUT2D eigenvalue weighted by Crippen LogP contribution is -2.18. The number of fused-ring (bicyclic) bond motifs is 4. The predicted molar refractivity (Wildman–Crippen MR) is 103 cm³/mol. The maximum Gasteiger partial charge on any atom is 0.123 e. The Morgan fingerprint density at radius 1 is 1.16 bits per heavy atom. The maximum absolute atomic E-state index is 14.0. The Morgan fingerprint density at radius 3 is 3.00 bits per heavy atom. The van der Waals surface area contributed by atoms with Crippen LogP contribution in [0.5, 0.6) is 0 Å². The molecule has 0 fully saturated rings. The molecular weight excluding hydrogens is 329 g/mol. The number of hydrogen-bond donors (Lipinski definition) is 0. The number of benzene rings is 2. The molecule has 1 atom stereocenters. The molecule has 1 unspecified atom stereocenters. The summed E-state index contributed by atoms with van der Waals surface area (Å²) in [6.45, 7) is 3.37. The summed E-state index contributed by atoms with van der Waals surface area (Å²) >= 11 is 1.96. The van der Waals surface area contributed by atoms with Gasteiger partial charge in [-0.15, -0.1) is 11.8 Å². The van der Waals surface area contributed by atoms with Gasteiger partial charge in [-0.3, -0.25) is 0 Å². The number of hydrogen-bond acceptors (Lipinski definition) is 1. The van der Waals surface area contributed by atoms with Gasteiger partial charge in [0.05, 0.1) is 0 Å². The molecule has 3 heteroatoms. The molecule has 0 spiro atoms. The van der Waals surface area contributed by atoms with E-state index in [1.807, 2.05) is 17.8 Å². The van der Waals surface area contributed by atoms with Crippen LogP contribution in [-0.4, -0.2) is 10.3 Å². The Hall–Kier alpha value is -1.74. The summed E-state index contributed by atoms with van der Waals surface area (Å²) in [7, 11) is 0. The van der Waals surface area contributed by atoms with Crippen LogP contribution in [0, 0.1) is 11.7 Å². The van der Waals surface area contributed by atoms with Gasteiger partial charge in [0.25, 0.3) is 0 Å². The van der Waals surface area contributed by atoms with Crippen LogP contribution >= 0.6 is 11.8 Å². The summed E-state index contributed by atoms with van der Waals surface area (Å²) in [5, 5.41) is 1.11. The van der Waals surface area contributed by atoms with Crippen molar-refractivity contribution in [3.05, 3.63) is 64.6 Å². The SMILES string of the molecule is CC1CCc2c(Cc3ccc4c(c3)SCC4)c3cc(F)ccc3n2C1. The number of rotatable bonds is 2. The number of nitrogens with zero attached hydrogens (tertiary/aromatic N) is 1. The molecule has 128 valence electrons. The molecule has 1 aromatic heterocycles. The standard InChI is InChI=1S/C22H22FNS/c1-14-2-6-20-18(10-15-3-4-16-8-9-25-22(16)11-15)19-12-17(23)5-7-21(19)24(20)13-14/h3-5,7,11-12,14H,2,6,8-10,13H2,1H3. The quantitative estimate of drug-likeness (QED) is 0.581. The molecule has 0 amide bonds. The van der Waals surface area contributed by atoms with Gasteiger partial charge in [-0.1, -0.05) is 19.1 Å². The van der Waals surface area contributed by atoms with Gasteiger partial charge in [-0.05, 0) is 72.6 Å². The fourth-order valence-corrected chi connectivity index (χ4v) is 5.58. The van der Waals surface area contributed by atoms with Gasteiger partial charge in [0.15, 0.2) is 0 Å². The number of halogens is 1. The molecule has 25 heavy (non-hydrogen) atoms. The van der Waals surface area contributed by atoms with Gasteiger partial charge in [-0.2, -0.15) is 0 Å². The molecule has 2 aliphatic heterocycles. The minimum absolute atomic E-state index is 0.130. The lowest BCUT2D eigenvalue weighted by atomic mass is 9.95. The van der Waals surface area contributed by atoms with Crippen molar-refractivity contribution in [2.24, 2.45) is 5.92 Å². The largest absolute Gasteiger partial charge is 0.344 e. The zero-order chi connectivity index (χ0) is 17.0. The van der Waals surface area contributed by atoms with E-state index in [2.05, 4.69) is 29.7 Å². The van der Waals surface area contributed by atoms with E-state index < -0.39 is 0 Å². The highest BCUT2D eigenvalue weighted by Gasteiger charge is 2.23. The highest BCUT2D eigenvalue weighted by Crippen LogP contribution is 2.36. The molecule has 2 aliphatic rings. The fraction of sp³-hybridized carbons (Fsp3) is 0.364. The van der Waals surface area contributed by atoms with Gasteiger partial charge in [0.2, 0.25) is 0 Å². The van der Waals surface area contributed by atoms with E-state index in [-0.39, 0.29) is 5.82 Å². The molecule has 0 bridgehead atoms. The van der Waals surface area contributed by atoms with Crippen molar-refractivity contribution < 1.29 is 4.39 Å². The summed E-state index contributed by atoms with van der Waals surface area (Å²) in [6, 6.07) is 12.2. The van der Waals surface area contributed by atoms with E-state index in [0.29, 0.717) is 5.92 Å². The third-order valence-corrected chi connectivity index (χ3v) is 6.86. The van der Waals surface area contributed by atoms with Gasteiger partial charge >= 0.3 is 0 Å². The zero-order valence-corrected chi connectivity index (χ0v) is 15.3. The van der Waals surface area contributed by atoms with Crippen LogP contribution in [0.4, 0.5) is 4.39 Å². The average molecular weight is 351 g/mol. The number of thioether (sulfide) groups is 1. The van der Waals surface area contributed by atoms with E-state index in [1.165, 1.54) is 51.4 Å². The third kappa shape index (κ3) is 2.60. The van der Waals surface area contributed by atoms with E-state index >= 15 is 0 Å². The summed E-state index contributed by atoms with van der Waals surface area (Å²) in [4.78, 5) is 1.44. The highest BCUT2D eigenvalue weighted by atomic mass is 32.2. The van der Waals surface area contributed by atoms with Crippen molar-refractivity contribution in [1.82, 2.24) is 4.57 Å². The monoisotopic (exact) mass is 351 g/mol. The van der Waals surface area contributed by atoms with Crippen LogP contribution in [-0.2, 0) is 25.8 Å². The molecule has 5 rings (SSSR count). The molecule has 0 saturated heterocycles. The molecule has 3 heterocycles. The molecule has 2 aromatic carbocycles. The third-order valence-electron chi connectivity index (χ3n) is 5.76. The minimum Gasteiger partial charge on any atom is -0.344 e. The number of aromatic nitrogens is 1. The van der Waals surface area contributed by atoms with E-state index in [1.54, 1.807) is 12.1 Å². The van der Waals surface area contributed by atoms with Crippen molar-refractivity contribution in [2.45, 2.75) is 44.0 Å². The van der Waals surface area contributed by atoms with Crippen LogP contribution in [0.25, 0.3) is 10.9 Å². The summed E-state index contributed by atoms with van der Waals surface area (Å²) in [6.07, 6.45) is 4.43. The first-order chi connectivity index (χ1) is 12.2. The van der Waals surface area contributed by atoms with E-state index in [0.717, 1.165) is 24.8 Å². The summed E-state index contributed by atoms with van der Waals surface area (Å²) < 4.78 is 16.4. The Balaban J connectivity index is 1.64. The lowest BCUT2D eigenvalue weighted by molar-refractivity contribution is 0.405. The summed E-state index contributed by atoms with van der Waals surface area (Å²) in [5.74, 6) is 1.76. The normalized spacial score (nSPS) is 19.2. The van der Waals surface area contributed by atoms with Crippen molar-refractivity contribution >= 4 is 22.7 Å². The van der Waals surface area contributed by atoms with Crippen molar-refractivity contribution in [1.29, 1.82) is 0 Å². The van der Waals surface area contributed by atoms with Gasteiger partial charge < -0.3 is 4.57 Å². The van der Waals surface area contributed by atoms with Crippen LogP contribution in [0.3, 0.4) is 0 Å². The molecule has 1 nitrogen and oxygen atoms in total. The van der Waals surface area contributed by atoms with Gasteiger partial charge in [0.1, 0.15) is 5.82 Å².